The summed E-state index contributed by atoms with van der Waals surface area (Å²) in [5.41, 5.74) is 0.820. The third-order valence-corrected chi connectivity index (χ3v) is 6.79. The Hall–Kier alpha value is -1.11. The van der Waals surface area contributed by atoms with Crippen molar-refractivity contribution in [2.45, 2.75) is 38.2 Å². The van der Waals surface area contributed by atoms with Gasteiger partial charge in [-0.1, -0.05) is 37.8 Å². The van der Waals surface area contributed by atoms with Gasteiger partial charge in [-0.25, -0.2) is 8.42 Å². The highest BCUT2D eigenvalue weighted by Crippen LogP contribution is 2.30. The van der Waals surface area contributed by atoms with Crippen molar-refractivity contribution in [3.63, 3.8) is 0 Å². The fraction of sp³-hybridized carbons (Fsp3) is 0.647. The van der Waals surface area contributed by atoms with E-state index in [0.29, 0.717) is 25.6 Å². The molecule has 0 spiro atoms. The maximum absolute atomic E-state index is 12.6. The molecular formula is C17H25NO4S. The van der Waals surface area contributed by atoms with Crippen molar-refractivity contribution in [3.05, 3.63) is 29.8 Å². The van der Waals surface area contributed by atoms with Crippen LogP contribution in [0.4, 0.5) is 0 Å². The molecule has 2 aliphatic rings. The second-order valence-corrected chi connectivity index (χ2v) is 8.66. The molecular weight excluding hydrogens is 314 g/mol. The number of hydrogen-bond acceptors (Lipinski definition) is 4. The van der Waals surface area contributed by atoms with Gasteiger partial charge in [-0.2, -0.15) is 4.31 Å². The zero-order valence-electron chi connectivity index (χ0n) is 13.4. The molecule has 128 valence electrons. The Kier molecular flexibility index (Phi) is 5.24. The standard InChI is InChI=1S/C17H25NO4S/c19-16-7-3-6-15(12-16)17-13-18(9-10-22-17)23(20,21)11-8-14-4-1-2-5-14/h3,6-7,12,14,17,19H,1-2,4-5,8-11,13H2. The molecule has 2 fully saturated rings. The topological polar surface area (TPSA) is 66.8 Å². The second kappa shape index (κ2) is 7.20. The van der Waals surface area contributed by atoms with Gasteiger partial charge in [0.05, 0.1) is 18.5 Å². The Morgan fingerprint density at radius 2 is 2.04 bits per heavy atom. The lowest BCUT2D eigenvalue weighted by atomic mass is 10.1. The molecule has 6 heteroatoms. The van der Waals surface area contributed by atoms with Gasteiger partial charge in [-0.05, 0) is 30.0 Å². The molecule has 1 aliphatic heterocycles. The maximum atomic E-state index is 12.6. The predicted octanol–water partition coefficient (Wildman–Crippen LogP) is 2.68. The Labute approximate surface area is 138 Å². The van der Waals surface area contributed by atoms with Crippen LogP contribution in [-0.4, -0.2) is 43.3 Å². The molecule has 3 rings (SSSR count). The molecule has 5 nitrogen and oxygen atoms in total. The normalized spacial score (nSPS) is 24.1. The summed E-state index contributed by atoms with van der Waals surface area (Å²) in [5.74, 6) is 0.990. The molecule has 1 saturated carbocycles. The number of nitrogens with zero attached hydrogens (tertiary/aromatic N) is 1. The van der Waals surface area contributed by atoms with E-state index in [1.807, 2.05) is 6.07 Å². The monoisotopic (exact) mass is 339 g/mol. The van der Waals surface area contributed by atoms with Crippen molar-refractivity contribution in [2.75, 3.05) is 25.4 Å². The van der Waals surface area contributed by atoms with E-state index < -0.39 is 10.0 Å². The molecule has 1 atom stereocenters. The summed E-state index contributed by atoms with van der Waals surface area (Å²) in [6.45, 7) is 1.14. The van der Waals surface area contributed by atoms with Crippen molar-refractivity contribution in [3.8, 4) is 5.75 Å². The van der Waals surface area contributed by atoms with E-state index in [1.165, 1.54) is 25.7 Å². The van der Waals surface area contributed by atoms with E-state index in [2.05, 4.69) is 0 Å². The van der Waals surface area contributed by atoms with Crippen molar-refractivity contribution >= 4 is 10.0 Å². The Morgan fingerprint density at radius 3 is 2.78 bits per heavy atom. The van der Waals surface area contributed by atoms with Crippen LogP contribution in [0.5, 0.6) is 5.75 Å². The van der Waals surface area contributed by atoms with Crippen LogP contribution in [0.15, 0.2) is 24.3 Å². The Balaban J connectivity index is 1.62. The van der Waals surface area contributed by atoms with Crippen molar-refractivity contribution in [1.82, 2.24) is 4.31 Å². The Bertz CT molecular complexity index is 625. The van der Waals surface area contributed by atoms with Gasteiger partial charge in [0.2, 0.25) is 10.0 Å². The van der Waals surface area contributed by atoms with Gasteiger partial charge in [0.15, 0.2) is 0 Å². The van der Waals surface area contributed by atoms with Gasteiger partial charge in [-0.3, -0.25) is 0 Å². The van der Waals surface area contributed by atoms with Crippen LogP contribution < -0.4 is 0 Å². The zero-order chi connectivity index (χ0) is 16.3. The van der Waals surface area contributed by atoms with Crippen LogP contribution in [0.2, 0.25) is 0 Å². The van der Waals surface area contributed by atoms with Crippen LogP contribution in [0.1, 0.15) is 43.8 Å². The lowest BCUT2D eigenvalue weighted by Crippen LogP contribution is -2.43. The molecule has 1 unspecified atom stereocenters. The smallest absolute Gasteiger partial charge is 0.214 e. The number of benzene rings is 1. The number of morpholine rings is 1. The molecule has 0 radical (unpaired) electrons. The average molecular weight is 339 g/mol. The van der Waals surface area contributed by atoms with Crippen LogP contribution in [0.25, 0.3) is 0 Å². The fourth-order valence-electron chi connectivity index (χ4n) is 3.55. The van der Waals surface area contributed by atoms with Crippen LogP contribution >= 0.6 is 0 Å². The van der Waals surface area contributed by atoms with Gasteiger partial charge in [-0.15, -0.1) is 0 Å². The number of phenolic OH excluding ortho intramolecular Hbond substituents is 1. The van der Waals surface area contributed by atoms with Gasteiger partial charge in [0.1, 0.15) is 5.75 Å². The van der Waals surface area contributed by atoms with Crippen LogP contribution in [0, 0.1) is 5.92 Å². The molecule has 23 heavy (non-hydrogen) atoms. The van der Waals surface area contributed by atoms with Crippen LogP contribution in [-0.2, 0) is 14.8 Å². The first-order valence-corrected chi connectivity index (χ1v) is 10.0. The minimum atomic E-state index is -3.23. The first-order valence-electron chi connectivity index (χ1n) is 8.43. The molecule has 1 saturated heterocycles. The second-order valence-electron chi connectivity index (χ2n) is 6.57. The maximum Gasteiger partial charge on any atom is 0.214 e. The highest BCUT2D eigenvalue weighted by Gasteiger charge is 2.31. The molecule has 1 heterocycles. The van der Waals surface area contributed by atoms with E-state index in [4.69, 9.17) is 4.74 Å². The van der Waals surface area contributed by atoms with Gasteiger partial charge in [0.25, 0.3) is 0 Å². The SMILES string of the molecule is O=S(=O)(CCC1CCCC1)N1CCOC(c2cccc(O)c2)C1. The summed E-state index contributed by atoms with van der Waals surface area (Å²) in [7, 11) is -3.23. The summed E-state index contributed by atoms with van der Waals surface area (Å²) >= 11 is 0. The molecule has 1 aromatic rings. The van der Waals surface area contributed by atoms with E-state index in [1.54, 1.807) is 22.5 Å². The number of rotatable bonds is 5. The third kappa shape index (κ3) is 4.25. The third-order valence-electron chi connectivity index (χ3n) is 4.92. The highest BCUT2D eigenvalue weighted by molar-refractivity contribution is 7.89. The summed E-state index contributed by atoms with van der Waals surface area (Å²) in [4.78, 5) is 0. The van der Waals surface area contributed by atoms with Crippen molar-refractivity contribution in [2.24, 2.45) is 5.92 Å². The fourth-order valence-corrected chi connectivity index (χ4v) is 5.15. The number of phenols is 1. The summed E-state index contributed by atoms with van der Waals surface area (Å²) in [5, 5.41) is 9.59. The number of aromatic hydroxyl groups is 1. The summed E-state index contributed by atoms with van der Waals surface area (Å²) < 4.78 is 32.5. The average Bonchev–Trinajstić information content (AvgIpc) is 3.07. The molecule has 0 aromatic heterocycles. The zero-order valence-corrected chi connectivity index (χ0v) is 14.2. The molecule has 1 aromatic carbocycles. The van der Waals surface area contributed by atoms with E-state index >= 15 is 0 Å². The van der Waals surface area contributed by atoms with Gasteiger partial charge in [0, 0.05) is 13.1 Å². The van der Waals surface area contributed by atoms with Crippen molar-refractivity contribution < 1.29 is 18.3 Å². The minimum absolute atomic E-state index is 0.173. The lowest BCUT2D eigenvalue weighted by molar-refractivity contribution is -0.00266. The number of sulfonamides is 1. The first kappa shape index (κ1) is 16.7. The number of ether oxygens (including phenoxy) is 1. The molecule has 0 bridgehead atoms. The largest absolute Gasteiger partial charge is 0.508 e. The summed E-state index contributed by atoms with van der Waals surface area (Å²) in [6, 6.07) is 6.85. The molecule has 1 N–H and O–H groups in total. The van der Waals surface area contributed by atoms with E-state index in [9.17, 15) is 13.5 Å². The van der Waals surface area contributed by atoms with E-state index in [-0.39, 0.29) is 17.6 Å². The first-order chi connectivity index (χ1) is 11.0. The quantitative estimate of drug-likeness (QED) is 0.895. The highest BCUT2D eigenvalue weighted by atomic mass is 32.2. The minimum Gasteiger partial charge on any atom is -0.508 e. The lowest BCUT2D eigenvalue weighted by Gasteiger charge is -2.32. The van der Waals surface area contributed by atoms with Crippen molar-refractivity contribution in [1.29, 1.82) is 0 Å². The van der Waals surface area contributed by atoms with Crippen LogP contribution in [0.3, 0.4) is 0 Å². The van der Waals surface area contributed by atoms with Gasteiger partial charge >= 0.3 is 0 Å². The van der Waals surface area contributed by atoms with Gasteiger partial charge < -0.3 is 9.84 Å². The Morgan fingerprint density at radius 1 is 1.26 bits per heavy atom. The molecule has 0 amide bonds. The number of hydrogen-bond donors (Lipinski definition) is 1. The predicted molar refractivity (Wildman–Crippen MR) is 88.7 cm³/mol. The molecule has 1 aliphatic carbocycles. The summed E-state index contributed by atoms with van der Waals surface area (Å²) in [6.07, 6.45) is 5.28. The van der Waals surface area contributed by atoms with E-state index in [0.717, 1.165) is 12.0 Å².